The summed E-state index contributed by atoms with van der Waals surface area (Å²) in [6.45, 7) is 2.24. The Morgan fingerprint density at radius 2 is 2.24 bits per heavy atom. The Hall–Kier alpha value is -1.21. The van der Waals surface area contributed by atoms with Crippen LogP contribution in [0.3, 0.4) is 0 Å². The van der Waals surface area contributed by atoms with Crippen molar-refractivity contribution in [1.29, 1.82) is 0 Å². The van der Waals surface area contributed by atoms with Crippen molar-refractivity contribution >= 4 is 28.6 Å². The number of hydrogen-bond donors (Lipinski definition) is 2. The van der Waals surface area contributed by atoms with Crippen molar-refractivity contribution in [1.82, 2.24) is 10.2 Å². The van der Waals surface area contributed by atoms with E-state index in [4.69, 9.17) is 5.11 Å². The first-order valence-corrected chi connectivity index (χ1v) is 8.73. The number of rotatable bonds is 9. The molecule has 0 radical (unpaired) electrons. The van der Waals surface area contributed by atoms with Gasteiger partial charge in [0.2, 0.25) is 5.91 Å². The summed E-state index contributed by atoms with van der Waals surface area (Å²) in [5.74, 6) is 0.00948. The van der Waals surface area contributed by atoms with Gasteiger partial charge in [-0.25, -0.2) is 0 Å². The zero-order valence-electron chi connectivity index (χ0n) is 11.8. The van der Waals surface area contributed by atoms with Crippen LogP contribution >= 0.6 is 22.7 Å². The molecule has 0 saturated carbocycles. The van der Waals surface area contributed by atoms with Crippen LogP contribution in [0.25, 0.3) is 0 Å². The zero-order valence-corrected chi connectivity index (χ0v) is 13.5. The van der Waals surface area contributed by atoms with Crippen LogP contribution in [0, 0.1) is 0 Å². The summed E-state index contributed by atoms with van der Waals surface area (Å²) in [6.07, 6.45) is 0.869. The van der Waals surface area contributed by atoms with Crippen LogP contribution in [0.15, 0.2) is 34.3 Å². The Morgan fingerprint density at radius 1 is 1.33 bits per heavy atom. The molecule has 0 bridgehead atoms. The Labute approximate surface area is 133 Å². The largest absolute Gasteiger partial charge is 0.395 e. The highest BCUT2D eigenvalue weighted by atomic mass is 32.1. The van der Waals surface area contributed by atoms with E-state index in [1.807, 2.05) is 27.8 Å². The second-order valence-corrected chi connectivity index (χ2v) is 6.56. The van der Waals surface area contributed by atoms with Crippen LogP contribution < -0.4 is 5.32 Å². The van der Waals surface area contributed by atoms with Crippen LogP contribution in [0.4, 0.5) is 0 Å². The molecule has 21 heavy (non-hydrogen) atoms. The Kier molecular flexibility index (Phi) is 6.88. The molecule has 0 aromatic carbocycles. The molecule has 0 aliphatic carbocycles. The molecule has 0 fully saturated rings. The Morgan fingerprint density at radius 3 is 2.90 bits per heavy atom. The first-order chi connectivity index (χ1) is 10.3. The van der Waals surface area contributed by atoms with Gasteiger partial charge in [-0.05, 0) is 40.3 Å². The number of aliphatic hydroxyl groups excluding tert-OH is 1. The molecule has 2 aromatic heterocycles. The van der Waals surface area contributed by atoms with E-state index in [1.54, 1.807) is 22.7 Å². The molecule has 2 rings (SSSR count). The smallest absolute Gasteiger partial charge is 0.234 e. The summed E-state index contributed by atoms with van der Waals surface area (Å²) in [5, 5.41) is 18.2. The molecule has 0 unspecified atom stereocenters. The molecule has 114 valence electrons. The van der Waals surface area contributed by atoms with Crippen molar-refractivity contribution < 1.29 is 9.90 Å². The van der Waals surface area contributed by atoms with E-state index in [2.05, 4.69) is 16.8 Å². The normalized spacial score (nSPS) is 11.0. The summed E-state index contributed by atoms with van der Waals surface area (Å²) in [7, 11) is 0. The molecule has 4 nitrogen and oxygen atoms in total. The van der Waals surface area contributed by atoms with Crippen LogP contribution in [0.1, 0.15) is 10.4 Å². The molecule has 2 heterocycles. The molecule has 0 atom stereocenters. The van der Waals surface area contributed by atoms with Crippen molar-refractivity contribution in [3.63, 3.8) is 0 Å². The van der Waals surface area contributed by atoms with Gasteiger partial charge in [0, 0.05) is 24.5 Å². The highest BCUT2D eigenvalue weighted by Gasteiger charge is 2.11. The van der Waals surface area contributed by atoms with Crippen molar-refractivity contribution in [3.8, 4) is 0 Å². The number of nitrogens with one attached hydrogen (secondary N) is 1. The quantitative estimate of drug-likeness (QED) is 0.741. The van der Waals surface area contributed by atoms with Gasteiger partial charge in [-0.2, -0.15) is 11.3 Å². The highest BCUT2D eigenvalue weighted by Crippen LogP contribution is 2.09. The predicted molar refractivity (Wildman–Crippen MR) is 87.7 cm³/mol. The molecule has 0 spiro atoms. The van der Waals surface area contributed by atoms with Crippen LogP contribution in [-0.2, 0) is 17.8 Å². The van der Waals surface area contributed by atoms with Gasteiger partial charge in [-0.3, -0.25) is 9.69 Å². The average Bonchev–Trinajstić information content (AvgIpc) is 3.12. The number of thiophene rings is 2. The third kappa shape index (κ3) is 5.97. The maximum absolute atomic E-state index is 12.0. The molecule has 0 aliphatic heterocycles. The SMILES string of the molecule is O=C(CN(CCO)Cc1ccsc1)NCCc1cccs1. The van der Waals surface area contributed by atoms with E-state index in [-0.39, 0.29) is 12.5 Å². The van der Waals surface area contributed by atoms with Gasteiger partial charge in [-0.1, -0.05) is 6.07 Å². The molecule has 1 amide bonds. The molecule has 0 saturated heterocycles. The topological polar surface area (TPSA) is 52.6 Å². The monoisotopic (exact) mass is 324 g/mol. The van der Waals surface area contributed by atoms with Crippen molar-refractivity contribution in [2.24, 2.45) is 0 Å². The van der Waals surface area contributed by atoms with Gasteiger partial charge < -0.3 is 10.4 Å². The number of carbonyl (C=O) groups is 1. The first kappa shape index (κ1) is 16.2. The first-order valence-electron chi connectivity index (χ1n) is 6.91. The van der Waals surface area contributed by atoms with Gasteiger partial charge in [0.05, 0.1) is 13.2 Å². The maximum Gasteiger partial charge on any atom is 0.234 e. The second kappa shape index (κ2) is 8.94. The summed E-state index contributed by atoms with van der Waals surface area (Å²) < 4.78 is 0. The van der Waals surface area contributed by atoms with E-state index in [0.29, 0.717) is 26.2 Å². The molecule has 2 N–H and O–H groups in total. The molecular weight excluding hydrogens is 304 g/mol. The fourth-order valence-electron chi connectivity index (χ4n) is 2.04. The Bertz CT molecular complexity index is 512. The highest BCUT2D eigenvalue weighted by molar-refractivity contribution is 7.09. The second-order valence-electron chi connectivity index (χ2n) is 4.75. The van der Waals surface area contributed by atoms with Gasteiger partial charge in [0.1, 0.15) is 0 Å². The lowest BCUT2D eigenvalue weighted by molar-refractivity contribution is -0.122. The van der Waals surface area contributed by atoms with Gasteiger partial charge in [-0.15, -0.1) is 11.3 Å². The lowest BCUT2D eigenvalue weighted by Gasteiger charge is -2.20. The molecule has 0 aliphatic rings. The molecular formula is C15H20N2O2S2. The number of aliphatic hydroxyl groups is 1. The van der Waals surface area contributed by atoms with Crippen LogP contribution in [-0.4, -0.2) is 42.2 Å². The minimum absolute atomic E-state index is 0.00948. The van der Waals surface area contributed by atoms with E-state index in [1.165, 1.54) is 10.4 Å². The third-order valence-electron chi connectivity index (χ3n) is 3.04. The van der Waals surface area contributed by atoms with Crippen LogP contribution in [0.2, 0.25) is 0 Å². The summed E-state index contributed by atoms with van der Waals surface area (Å²) >= 11 is 3.35. The zero-order chi connectivity index (χ0) is 14.9. The van der Waals surface area contributed by atoms with Crippen molar-refractivity contribution in [3.05, 3.63) is 44.8 Å². The minimum atomic E-state index is 0.00948. The third-order valence-corrected chi connectivity index (χ3v) is 4.71. The molecule has 2 aromatic rings. The van der Waals surface area contributed by atoms with Gasteiger partial charge >= 0.3 is 0 Å². The maximum atomic E-state index is 12.0. The minimum Gasteiger partial charge on any atom is -0.395 e. The Balaban J connectivity index is 1.72. The summed E-state index contributed by atoms with van der Waals surface area (Å²) in [4.78, 5) is 15.2. The van der Waals surface area contributed by atoms with E-state index in [0.717, 1.165) is 6.42 Å². The standard InChI is InChI=1S/C15H20N2O2S2/c18-7-6-17(10-13-4-9-20-12-13)11-15(19)16-5-3-14-2-1-8-21-14/h1-2,4,8-9,12,18H,3,5-7,10-11H2,(H,16,19). The summed E-state index contributed by atoms with van der Waals surface area (Å²) in [5.41, 5.74) is 1.18. The van der Waals surface area contributed by atoms with Gasteiger partial charge in [0.15, 0.2) is 0 Å². The predicted octanol–water partition coefficient (Wildman–Crippen LogP) is 1.96. The lowest BCUT2D eigenvalue weighted by atomic mass is 10.3. The van der Waals surface area contributed by atoms with E-state index in [9.17, 15) is 4.79 Å². The fourth-order valence-corrected chi connectivity index (χ4v) is 3.40. The van der Waals surface area contributed by atoms with Gasteiger partial charge in [0.25, 0.3) is 0 Å². The van der Waals surface area contributed by atoms with E-state index < -0.39 is 0 Å². The van der Waals surface area contributed by atoms with Crippen molar-refractivity contribution in [2.75, 3.05) is 26.2 Å². The number of amides is 1. The average molecular weight is 324 g/mol. The van der Waals surface area contributed by atoms with Crippen molar-refractivity contribution in [2.45, 2.75) is 13.0 Å². The van der Waals surface area contributed by atoms with E-state index >= 15 is 0 Å². The summed E-state index contributed by atoms with van der Waals surface area (Å²) in [6, 6.07) is 6.14. The molecule has 6 heteroatoms. The fraction of sp³-hybridized carbons (Fsp3) is 0.400. The number of hydrogen-bond acceptors (Lipinski definition) is 5. The number of carbonyl (C=O) groups excluding carboxylic acids is 1. The lowest BCUT2D eigenvalue weighted by Crippen LogP contribution is -2.38. The number of nitrogens with zero attached hydrogens (tertiary/aromatic N) is 1. The van der Waals surface area contributed by atoms with Crippen LogP contribution in [0.5, 0.6) is 0 Å².